The lowest BCUT2D eigenvalue weighted by molar-refractivity contribution is 0.198. The summed E-state index contributed by atoms with van der Waals surface area (Å²) in [6, 6.07) is 8.51. The zero-order chi connectivity index (χ0) is 14.9. The lowest BCUT2D eigenvalue weighted by Crippen LogP contribution is -1.97. The smallest absolute Gasteiger partial charge is 0.166 e. The van der Waals surface area contributed by atoms with Gasteiger partial charge in [0.15, 0.2) is 11.6 Å². The van der Waals surface area contributed by atoms with Crippen LogP contribution in [0.3, 0.4) is 0 Å². The van der Waals surface area contributed by atoms with Crippen LogP contribution in [0.15, 0.2) is 30.3 Å². The van der Waals surface area contributed by atoms with Gasteiger partial charge in [0, 0.05) is 0 Å². The monoisotopic (exact) mass is 274 g/mol. The molecule has 0 bridgehead atoms. The van der Waals surface area contributed by atoms with Crippen LogP contribution in [-0.2, 0) is 0 Å². The van der Waals surface area contributed by atoms with E-state index < -0.39 is 11.9 Å². The summed E-state index contributed by atoms with van der Waals surface area (Å²) in [6.07, 6.45) is -0.694. The standard InChI is InChI=1S/C17H19FO2/c1-10-5-6-11(2)17(12(10)3)20-16-8-7-14(13(4)19)9-15(16)18/h5-9,13,19H,1-4H3. The van der Waals surface area contributed by atoms with E-state index in [2.05, 4.69) is 0 Å². The fourth-order valence-corrected chi connectivity index (χ4v) is 2.05. The molecule has 20 heavy (non-hydrogen) atoms. The molecule has 3 heteroatoms. The molecular formula is C17H19FO2. The SMILES string of the molecule is Cc1ccc(C)c(Oc2ccc(C(C)O)cc2F)c1C. The largest absolute Gasteiger partial charge is 0.454 e. The van der Waals surface area contributed by atoms with Gasteiger partial charge in [-0.2, -0.15) is 0 Å². The number of rotatable bonds is 3. The second kappa shape index (κ2) is 5.63. The first-order valence-electron chi connectivity index (χ1n) is 6.62. The van der Waals surface area contributed by atoms with Gasteiger partial charge in [0.2, 0.25) is 0 Å². The number of ether oxygens (including phenoxy) is 1. The van der Waals surface area contributed by atoms with Gasteiger partial charge in [-0.05, 0) is 62.1 Å². The highest BCUT2D eigenvalue weighted by Crippen LogP contribution is 2.32. The maximum Gasteiger partial charge on any atom is 0.166 e. The summed E-state index contributed by atoms with van der Waals surface area (Å²) in [5.41, 5.74) is 3.61. The summed E-state index contributed by atoms with van der Waals surface area (Å²) >= 11 is 0. The normalized spacial score (nSPS) is 12.3. The molecular weight excluding hydrogens is 255 g/mol. The van der Waals surface area contributed by atoms with Gasteiger partial charge in [-0.15, -0.1) is 0 Å². The molecule has 0 aromatic heterocycles. The van der Waals surface area contributed by atoms with E-state index in [4.69, 9.17) is 4.74 Å². The third-order valence-corrected chi connectivity index (χ3v) is 3.52. The van der Waals surface area contributed by atoms with Crippen LogP contribution in [0.1, 0.15) is 35.3 Å². The summed E-state index contributed by atoms with van der Waals surface area (Å²) < 4.78 is 19.8. The van der Waals surface area contributed by atoms with E-state index in [0.717, 1.165) is 16.7 Å². The molecule has 0 amide bonds. The van der Waals surface area contributed by atoms with Crippen LogP contribution < -0.4 is 4.74 Å². The Balaban J connectivity index is 2.38. The molecule has 1 atom stereocenters. The van der Waals surface area contributed by atoms with Gasteiger partial charge in [-0.25, -0.2) is 4.39 Å². The second-order valence-corrected chi connectivity index (χ2v) is 5.12. The minimum atomic E-state index is -0.694. The van der Waals surface area contributed by atoms with Crippen molar-refractivity contribution in [2.75, 3.05) is 0 Å². The Morgan fingerprint density at radius 3 is 2.30 bits per heavy atom. The van der Waals surface area contributed by atoms with Crippen molar-refractivity contribution in [2.45, 2.75) is 33.8 Å². The van der Waals surface area contributed by atoms with Crippen LogP contribution in [0.5, 0.6) is 11.5 Å². The summed E-state index contributed by atoms with van der Waals surface area (Å²) in [7, 11) is 0. The predicted molar refractivity (Wildman–Crippen MR) is 77.8 cm³/mol. The number of aliphatic hydroxyl groups excluding tert-OH is 1. The topological polar surface area (TPSA) is 29.5 Å². The molecule has 0 saturated carbocycles. The number of benzene rings is 2. The Morgan fingerprint density at radius 1 is 1.05 bits per heavy atom. The molecule has 2 rings (SSSR count). The van der Waals surface area contributed by atoms with Crippen molar-refractivity contribution < 1.29 is 14.2 Å². The van der Waals surface area contributed by atoms with Crippen molar-refractivity contribution in [3.05, 3.63) is 58.4 Å². The van der Waals surface area contributed by atoms with E-state index in [-0.39, 0.29) is 5.75 Å². The van der Waals surface area contributed by atoms with Crippen molar-refractivity contribution in [3.63, 3.8) is 0 Å². The molecule has 0 aliphatic carbocycles. The van der Waals surface area contributed by atoms with E-state index in [1.165, 1.54) is 6.07 Å². The molecule has 0 saturated heterocycles. The zero-order valence-corrected chi connectivity index (χ0v) is 12.2. The molecule has 0 spiro atoms. The number of hydrogen-bond donors (Lipinski definition) is 1. The van der Waals surface area contributed by atoms with Gasteiger partial charge >= 0.3 is 0 Å². The van der Waals surface area contributed by atoms with Crippen LogP contribution in [0.25, 0.3) is 0 Å². The van der Waals surface area contributed by atoms with Crippen molar-refractivity contribution in [2.24, 2.45) is 0 Å². The third-order valence-electron chi connectivity index (χ3n) is 3.52. The molecule has 0 aliphatic rings. The molecule has 0 aliphatic heterocycles. The van der Waals surface area contributed by atoms with Crippen molar-refractivity contribution >= 4 is 0 Å². The molecule has 2 aromatic rings. The summed E-state index contributed by atoms with van der Waals surface area (Å²) in [5, 5.41) is 9.45. The van der Waals surface area contributed by atoms with Gasteiger partial charge in [0.1, 0.15) is 5.75 Å². The van der Waals surface area contributed by atoms with Gasteiger partial charge in [-0.1, -0.05) is 18.2 Å². The number of aliphatic hydroxyl groups is 1. The van der Waals surface area contributed by atoms with E-state index in [1.54, 1.807) is 19.1 Å². The number of aryl methyl sites for hydroxylation is 2. The average Bonchev–Trinajstić information content (AvgIpc) is 2.40. The minimum Gasteiger partial charge on any atom is -0.454 e. The molecule has 1 N–H and O–H groups in total. The van der Waals surface area contributed by atoms with Crippen molar-refractivity contribution in [3.8, 4) is 11.5 Å². The predicted octanol–water partition coefficient (Wildman–Crippen LogP) is 4.60. The van der Waals surface area contributed by atoms with E-state index in [1.807, 2.05) is 32.9 Å². The van der Waals surface area contributed by atoms with Crippen molar-refractivity contribution in [1.29, 1.82) is 0 Å². The highest BCUT2D eigenvalue weighted by molar-refractivity contribution is 5.47. The first kappa shape index (κ1) is 14.5. The lowest BCUT2D eigenvalue weighted by Gasteiger charge is -2.15. The molecule has 2 nitrogen and oxygen atoms in total. The fraction of sp³-hybridized carbons (Fsp3) is 0.294. The Kier molecular flexibility index (Phi) is 4.09. The molecule has 1 unspecified atom stereocenters. The van der Waals surface area contributed by atoms with Gasteiger partial charge in [0.05, 0.1) is 6.10 Å². The molecule has 106 valence electrons. The van der Waals surface area contributed by atoms with Crippen LogP contribution in [-0.4, -0.2) is 5.11 Å². The Bertz CT molecular complexity index is 633. The van der Waals surface area contributed by atoms with Crippen LogP contribution in [0.4, 0.5) is 4.39 Å². The highest BCUT2D eigenvalue weighted by Gasteiger charge is 2.12. The quantitative estimate of drug-likeness (QED) is 0.886. The van der Waals surface area contributed by atoms with Crippen LogP contribution in [0, 0.1) is 26.6 Å². The first-order valence-corrected chi connectivity index (χ1v) is 6.62. The third kappa shape index (κ3) is 2.83. The number of hydrogen-bond acceptors (Lipinski definition) is 2. The zero-order valence-electron chi connectivity index (χ0n) is 12.2. The summed E-state index contributed by atoms with van der Waals surface area (Å²) in [5.74, 6) is 0.392. The van der Waals surface area contributed by atoms with Gasteiger partial charge < -0.3 is 9.84 Å². The first-order chi connectivity index (χ1) is 9.40. The van der Waals surface area contributed by atoms with E-state index in [9.17, 15) is 9.50 Å². The van der Waals surface area contributed by atoms with E-state index >= 15 is 0 Å². The fourth-order valence-electron chi connectivity index (χ4n) is 2.05. The van der Waals surface area contributed by atoms with Gasteiger partial charge in [-0.3, -0.25) is 0 Å². The highest BCUT2D eigenvalue weighted by atomic mass is 19.1. The van der Waals surface area contributed by atoms with Crippen LogP contribution in [0.2, 0.25) is 0 Å². The molecule has 0 heterocycles. The maximum absolute atomic E-state index is 14.0. The summed E-state index contributed by atoms with van der Waals surface area (Å²) in [6.45, 7) is 7.49. The molecule has 0 radical (unpaired) electrons. The summed E-state index contributed by atoms with van der Waals surface area (Å²) in [4.78, 5) is 0. The van der Waals surface area contributed by atoms with Crippen LogP contribution >= 0.6 is 0 Å². The average molecular weight is 274 g/mol. The molecule has 0 fully saturated rings. The Morgan fingerprint density at radius 2 is 1.70 bits per heavy atom. The number of halogens is 1. The lowest BCUT2D eigenvalue weighted by atomic mass is 10.1. The molecule has 2 aromatic carbocycles. The van der Waals surface area contributed by atoms with E-state index in [0.29, 0.717) is 11.3 Å². The maximum atomic E-state index is 14.0. The van der Waals surface area contributed by atoms with Crippen molar-refractivity contribution in [1.82, 2.24) is 0 Å². The van der Waals surface area contributed by atoms with Gasteiger partial charge in [0.25, 0.3) is 0 Å². The Hall–Kier alpha value is -1.87. The minimum absolute atomic E-state index is 0.172. The second-order valence-electron chi connectivity index (χ2n) is 5.12. The Labute approximate surface area is 118 Å².